The van der Waals surface area contributed by atoms with Crippen molar-refractivity contribution in [2.75, 3.05) is 12.5 Å². The zero-order valence-corrected chi connectivity index (χ0v) is 19.9. The minimum Gasteiger partial charge on any atom is -0.454 e. The molecule has 12 heteroatoms. The number of carbonyl (C=O) groups is 3. The minimum atomic E-state index is -0.612. The lowest BCUT2D eigenvalue weighted by molar-refractivity contribution is -0.156. The normalized spacial score (nSPS) is 11.8. The number of nitrogens with zero attached hydrogens (tertiary/aromatic N) is 4. The Morgan fingerprint density at radius 2 is 1.78 bits per heavy atom. The van der Waals surface area contributed by atoms with Crippen molar-refractivity contribution in [3.05, 3.63) is 12.7 Å². The van der Waals surface area contributed by atoms with Gasteiger partial charge in [-0.1, -0.05) is 11.8 Å². The summed E-state index contributed by atoms with van der Waals surface area (Å²) < 4.78 is 17.2. The number of imidazole rings is 1. The van der Waals surface area contributed by atoms with Crippen LogP contribution >= 0.6 is 11.8 Å². The zero-order valence-electron chi connectivity index (χ0n) is 19.1. The van der Waals surface area contributed by atoms with Gasteiger partial charge in [0.1, 0.15) is 28.4 Å². The van der Waals surface area contributed by atoms with Crippen molar-refractivity contribution in [2.24, 2.45) is 5.41 Å². The lowest BCUT2D eigenvalue weighted by atomic mass is 9.98. The molecule has 0 saturated carbocycles. The lowest BCUT2D eigenvalue weighted by Crippen LogP contribution is -2.33. The third-order valence-electron chi connectivity index (χ3n) is 3.73. The van der Waals surface area contributed by atoms with Gasteiger partial charge in [0, 0.05) is 6.54 Å². The molecule has 11 nitrogen and oxygen atoms in total. The van der Waals surface area contributed by atoms with Crippen molar-refractivity contribution in [3.8, 4) is 0 Å². The van der Waals surface area contributed by atoms with Gasteiger partial charge < -0.3 is 19.5 Å². The summed E-state index contributed by atoms with van der Waals surface area (Å²) in [5.41, 5.74) is -0.214. The van der Waals surface area contributed by atoms with Gasteiger partial charge in [-0.3, -0.25) is 14.2 Å². The van der Waals surface area contributed by atoms with Gasteiger partial charge in [0.25, 0.3) is 0 Å². The fourth-order valence-electron chi connectivity index (χ4n) is 2.21. The Morgan fingerprint density at radius 1 is 1.06 bits per heavy atom. The van der Waals surface area contributed by atoms with Gasteiger partial charge in [0.2, 0.25) is 0 Å². The molecule has 1 amide bonds. The molecule has 0 saturated heterocycles. The van der Waals surface area contributed by atoms with Crippen LogP contribution < -0.4 is 5.32 Å². The molecule has 2 rings (SSSR count). The molecule has 2 aromatic heterocycles. The summed E-state index contributed by atoms with van der Waals surface area (Å²) in [6.07, 6.45) is 2.29. The average molecular weight is 468 g/mol. The average Bonchev–Trinajstić information content (AvgIpc) is 3.08. The Balaban J connectivity index is 1.82. The zero-order chi connectivity index (χ0) is 23.9. The minimum absolute atomic E-state index is 0.00671. The van der Waals surface area contributed by atoms with E-state index in [-0.39, 0.29) is 31.6 Å². The van der Waals surface area contributed by atoms with E-state index in [0.717, 1.165) is 0 Å². The van der Waals surface area contributed by atoms with Gasteiger partial charge in [-0.25, -0.2) is 19.7 Å². The molecule has 0 radical (unpaired) electrons. The molecule has 0 unspecified atom stereocenters. The van der Waals surface area contributed by atoms with Gasteiger partial charge in [-0.2, -0.15) is 0 Å². The van der Waals surface area contributed by atoms with E-state index < -0.39 is 23.1 Å². The van der Waals surface area contributed by atoms with Crippen LogP contribution in [0.2, 0.25) is 0 Å². The maximum atomic E-state index is 12.0. The molecule has 2 heterocycles. The Hall–Kier alpha value is -2.89. The van der Waals surface area contributed by atoms with Crippen LogP contribution in [0, 0.1) is 5.41 Å². The molecule has 0 aliphatic rings. The van der Waals surface area contributed by atoms with Crippen LogP contribution in [0.3, 0.4) is 0 Å². The molecular weight excluding hydrogens is 438 g/mol. The van der Waals surface area contributed by atoms with E-state index in [4.69, 9.17) is 14.2 Å². The summed E-state index contributed by atoms with van der Waals surface area (Å²) in [6, 6.07) is 0. The van der Waals surface area contributed by atoms with Crippen molar-refractivity contribution in [2.45, 2.75) is 65.3 Å². The van der Waals surface area contributed by atoms with Gasteiger partial charge in [0.05, 0.1) is 18.2 Å². The molecule has 1 N–H and O–H groups in total. The molecule has 0 aliphatic heterocycles. The molecule has 176 valence electrons. The SMILES string of the molecule is CC(C)(C)OC(=O)NCCC(=O)OCSc1ncnc2c1ncn2COC(=O)C(C)(C)C. The van der Waals surface area contributed by atoms with Gasteiger partial charge in [-0.15, -0.1) is 0 Å². The highest BCUT2D eigenvalue weighted by Gasteiger charge is 2.23. The van der Waals surface area contributed by atoms with E-state index in [1.807, 2.05) is 0 Å². The summed E-state index contributed by atoms with van der Waals surface area (Å²) in [7, 11) is 0. The molecule has 0 fully saturated rings. The number of rotatable bonds is 8. The van der Waals surface area contributed by atoms with Crippen molar-refractivity contribution in [1.29, 1.82) is 0 Å². The molecule has 0 aromatic carbocycles. The maximum absolute atomic E-state index is 12.0. The second-order valence-corrected chi connectivity index (χ2v) is 9.74. The number of amides is 1. The highest BCUT2D eigenvalue weighted by molar-refractivity contribution is 7.99. The number of ether oxygens (including phenoxy) is 3. The predicted octanol–water partition coefficient (Wildman–Crippen LogP) is 2.88. The number of alkyl carbamates (subject to hydrolysis) is 1. The molecule has 0 spiro atoms. The topological polar surface area (TPSA) is 135 Å². The largest absolute Gasteiger partial charge is 0.454 e. The number of hydrogen-bond donors (Lipinski definition) is 1. The van der Waals surface area contributed by atoms with Crippen LogP contribution in [0.1, 0.15) is 48.0 Å². The summed E-state index contributed by atoms with van der Waals surface area (Å²) in [6.45, 7) is 10.7. The van der Waals surface area contributed by atoms with Crippen LogP contribution in [0.4, 0.5) is 4.79 Å². The monoisotopic (exact) mass is 467 g/mol. The third kappa shape index (κ3) is 7.98. The third-order valence-corrected chi connectivity index (χ3v) is 4.54. The number of thioether (sulfide) groups is 1. The molecule has 0 bridgehead atoms. The number of carbonyl (C=O) groups excluding carboxylic acids is 3. The molecule has 0 aliphatic carbocycles. The van der Waals surface area contributed by atoms with Crippen LogP contribution in [0.15, 0.2) is 17.7 Å². The van der Waals surface area contributed by atoms with Gasteiger partial charge in [-0.05, 0) is 41.5 Å². The predicted molar refractivity (Wildman–Crippen MR) is 117 cm³/mol. The first-order valence-electron chi connectivity index (χ1n) is 9.95. The quantitative estimate of drug-likeness (QED) is 0.203. The maximum Gasteiger partial charge on any atom is 0.407 e. The standard InChI is InChI=1S/C20H29N5O6S/c1-19(2,3)17(27)29-11-25-10-24-14-15(25)22-9-23-16(14)32-12-30-13(26)7-8-21-18(28)31-20(4,5)6/h9-10H,7-8,11-12H2,1-6H3,(H,21,28). The van der Waals surface area contributed by atoms with Crippen LogP contribution in [-0.4, -0.2) is 55.6 Å². The number of aromatic nitrogens is 4. The van der Waals surface area contributed by atoms with Crippen LogP contribution in [-0.2, 0) is 30.5 Å². The van der Waals surface area contributed by atoms with Gasteiger partial charge >= 0.3 is 18.0 Å². The van der Waals surface area contributed by atoms with Crippen molar-refractivity contribution < 1.29 is 28.6 Å². The smallest absolute Gasteiger partial charge is 0.407 e. The fourth-order valence-corrected chi connectivity index (χ4v) is 2.91. The lowest BCUT2D eigenvalue weighted by Gasteiger charge is -2.19. The fraction of sp³-hybridized carbons (Fsp3) is 0.600. The van der Waals surface area contributed by atoms with Crippen molar-refractivity contribution >= 4 is 41.0 Å². The number of esters is 2. The molecule has 0 atom stereocenters. The highest BCUT2D eigenvalue weighted by atomic mass is 32.2. The van der Waals surface area contributed by atoms with E-state index >= 15 is 0 Å². The molecule has 32 heavy (non-hydrogen) atoms. The first-order chi connectivity index (χ1) is 14.9. The van der Waals surface area contributed by atoms with Crippen LogP contribution in [0.25, 0.3) is 11.2 Å². The van der Waals surface area contributed by atoms with E-state index in [1.54, 1.807) is 46.1 Å². The van der Waals surface area contributed by atoms with Gasteiger partial charge in [0.15, 0.2) is 12.4 Å². The highest BCUT2D eigenvalue weighted by Crippen LogP contribution is 2.24. The summed E-state index contributed by atoms with van der Waals surface area (Å²) in [5.74, 6) is -0.793. The Kier molecular flexibility index (Phi) is 8.42. The molecule has 2 aromatic rings. The number of fused-ring (bicyclic) bond motifs is 1. The summed E-state index contributed by atoms with van der Waals surface area (Å²) >= 11 is 1.18. The first-order valence-corrected chi connectivity index (χ1v) is 10.9. The van der Waals surface area contributed by atoms with E-state index in [2.05, 4.69) is 20.3 Å². The van der Waals surface area contributed by atoms with Crippen molar-refractivity contribution in [3.63, 3.8) is 0 Å². The Bertz CT molecular complexity index is 964. The van der Waals surface area contributed by atoms with Crippen molar-refractivity contribution in [1.82, 2.24) is 24.8 Å². The summed E-state index contributed by atoms with van der Waals surface area (Å²) in [5, 5.41) is 3.02. The first kappa shape index (κ1) is 25.4. The number of nitrogens with one attached hydrogen (secondary N) is 1. The second kappa shape index (κ2) is 10.6. The Morgan fingerprint density at radius 3 is 2.44 bits per heavy atom. The molecular formula is C20H29N5O6S. The second-order valence-electron chi connectivity index (χ2n) is 8.83. The van der Waals surface area contributed by atoms with E-state index in [9.17, 15) is 14.4 Å². The Labute approximate surface area is 190 Å². The summed E-state index contributed by atoms with van der Waals surface area (Å²) in [4.78, 5) is 48.0. The van der Waals surface area contributed by atoms with E-state index in [1.165, 1.54) is 24.4 Å². The number of hydrogen-bond acceptors (Lipinski definition) is 10. The van der Waals surface area contributed by atoms with Crippen LogP contribution in [0.5, 0.6) is 0 Å². The van der Waals surface area contributed by atoms with E-state index in [0.29, 0.717) is 16.2 Å².